The van der Waals surface area contributed by atoms with Gasteiger partial charge in [0.1, 0.15) is 5.02 Å². The van der Waals surface area contributed by atoms with Crippen LogP contribution in [0.4, 0.5) is 5.69 Å². The average molecular weight is 388 g/mol. The standard InChI is InChI=1S/C14H9Cl3N4O3/c15-8-10(18)9(16)12(17)20-11(8)13(22)21-19-5-6-3-1-2-4-7(6)14(23)24/h1-5H,(H2,18,20)(H,21,22)(H,23,24)/b19-5+. The number of benzene rings is 1. The maximum absolute atomic E-state index is 12.0. The van der Waals surface area contributed by atoms with Crippen molar-refractivity contribution in [2.75, 3.05) is 5.73 Å². The van der Waals surface area contributed by atoms with Gasteiger partial charge in [0.2, 0.25) is 0 Å². The van der Waals surface area contributed by atoms with E-state index in [1.165, 1.54) is 18.3 Å². The first-order chi connectivity index (χ1) is 11.3. The van der Waals surface area contributed by atoms with Crippen molar-refractivity contribution in [2.24, 2.45) is 5.10 Å². The molecule has 0 saturated carbocycles. The molecule has 7 nitrogen and oxygen atoms in total. The Morgan fingerprint density at radius 3 is 2.54 bits per heavy atom. The molecular formula is C14H9Cl3N4O3. The van der Waals surface area contributed by atoms with Crippen LogP contribution in [-0.2, 0) is 0 Å². The molecule has 0 aliphatic heterocycles. The molecule has 24 heavy (non-hydrogen) atoms. The molecule has 0 radical (unpaired) electrons. The monoisotopic (exact) mass is 386 g/mol. The smallest absolute Gasteiger partial charge is 0.336 e. The number of anilines is 1. The van der Waals surface area contributed by atoms with Crippen molar-refractivity contribution in [3.8, 4) is 0 Å². The Bertz CT molecular complexity index is 855. The van der Waals surface area contributed by atoms with Gasteiger partial charge in [0.05, 0.1) is 22.5 Å². The van der Waals surface area contributed by atoms with Crippen LogP contribution in [-0.4, -0.2) is 28.2 Å². The van der Waals surface area contributed by atoms with Gasteiger partial charge in [0, 0.05) is 5.56 Å². The highest BCUT2D eigenvalue weighted by atomic mass is 35.5. The number of carbonyl (C=O) groups excluding carboxylic acids is 1. The fraction of sp³-hybridized carbons (Fsp3) is 0. The third-order valence-corrected chi connectivity index (χ3v) is 3.98. The van der Waals surface area contributed by atoms with E-state index in [0.29, 0.717) is 5.56 Å². The van der Waals surface area contributed by atoms with Gasteiger partial charge in [-0.15, -0.1) is 0 Å². The Morgan fingerprint density at radius 2 is 1.88 bits per heavy atom. The molecule has 0 atom stereocenters. The number of aromatic carboxylic acids is 1. The van der Waals surface area contributed by atoms with Crippen LogP contribution in [0.2, 0.25) is 15.2 Å². The molecule has 1 aromatic carbocycles. The summed E-state index contributed by atoms with van der Waals surface area (Å²) in [6.45, 7) is 0. The highest BCUT2D eigenvalue weighted by molar-refractivity contribution is 6.46. The molecule has 0 aliphatic rings. The van der Waals surface area contributed by atoms with E-state index in [1.54, 1.807) is 12.1 Å². The lowest BCUT2D eigenvalue weighted by Gasteiger charge is -2.07. The van der Waals surface area contributed by atoms with Crippen LogP contribution in [0.1, 0.15) is 26.4 Å². The fourth-order valence-electron chi connectivity index (χ4n) is 1.70. The molecule has 10 heteroatoms. The van der Waals surface area contributed by atoms with Crippen molar-refractivity contribution in [1.29, 1.82) is 0 Å². The summed E-state index contributed by atoms with van der Waals surface area (Å²) in [5, 5.41) is 12.3. The molecule has 1 amide bonds. The number of pyridine rings is 1. The Hall–Kier alpha value is -2.35. The topological polar surface area (TPSA) is 118 Å². The number of halogens is 3. The average Bonchev–Trinajstić information content (AvgIpc) is 2.56. The van der Waals surface area contributed by atoms with E-state index in [-0.39, 0.29) is 32.1 Å². The maximum atomic E-state index is 12.0. The number of nitrogens with two attached hydrogens (primary N) is 1. The molecule has 0 spiro atoms. The Kier molecular flexibility index (Phi) is 5.61. The number of nitrogen functional groups attached to an aromatic ring is 1. The lowest BCUT2D eigenvalue weighted by atomic mass is 10.1. The number of rotatable bonds is 4. The van der Waals surface area contributed by atoms with Gasteiger partial charge in [-0.3, -0.25) is 4.79 Å². The van der Waals surface area contributed by atoms with Crippen molar-refractivity contribution >= 4 is 58.6 Å². The summed E-state index contributed by atoms with van der Waals surface area (Å²) < 4.78 is 0. The number of nitrogens with one attached hydrogen (secondary N) is 1. The van der Waals surface area contributed by atoms with Gasteiger partial charge < -0.3 is 10.8 Å². The van der Waals surface area contributed by atoms with Gasteiger partial charge in [-0.1, -0.05) is 53.0 Å². The van der Waals surface area contributed by atoms with Gasteiger partial charge in [-0.05, 0) is 6.07 Å². The number of carboxylic acids is 1. The Balaban J connectivity index is 2.22. The first-order valence-electron chi connectivity index (χ1n) is 6.28. The van der Waals surface area contributed by atoms with E-state index in [1.807, 2.05) is 0 Å². The number of amides is 1. The normalized spacial score (nSPS) is 10.8. The number of carbonyl (C=O) groups is 2. The van der Waals surface area contributed by atoms with Crippen LogP contribution in [0.3, 0.4) is 0 Å². The first-order valence-corrected chi connectivity index (χ1v) is 7.42. The van der Waals surface area contributed by atoms with Crippen LogP contribution >= 0.6 is 34.8 Å². The third kappa shape index (κ3) is 3.76. The molecule has 4 N–H and O–H groups in total. The molecular weight excluding hydrogens is 379 g/mol. The number of hydrogen-bond donors (Lipinski definition) is 3. The molecule has 124 valence electrons. The first kappa shape index (κ1) is 18.0. The number of hydrazone groups is 1. The molecule has 0 aliphatic carbocycles. The van der Waals surface area contributed by atoms with Crippen molar-refractivity contribution in [1.82, 2.24) is 10.4 Å². The molecule has 2 rings (SSSR count). The lowest BCUT2D eigenvalue weighted by Crippen LogP contribution is -2.20. The third-order valence-electron chi connectivity index (χ3n) is 2.85. The van der Waals surface area contributed by atoms with Crippen LogP contribution in [0.15, 0.2) is 29.4 Å². The summed E-state index contributed by atoms with van der Waals surface area (Å²) in [5.41, 5.74) is 7.78. The summed E-state index contributed by atoms with van der Waals surface area (Å²) in [6, 6.07) is 6.14. The van der Waals surface area contributed by atoms with E-state index in [9.17, 15) is 9.59 Å². The molecule has 0 fully saturated rings. The number of nitrogens with zero attached hydrogens (tertiary/aromatic N) is 2. The number of carboxylic acid groups (broad SMARTS) is 1. The molecule has 2 aromatic rings. The van der Waals surface area contributed by atoms with Gasteiger partial charge >= 0.3 is 5.97 Å². The zero-order chi connectivity index (χ0) is 17.9. The number of aromatic nitrogens is 1. The van der Waals surface area contributed by atoms with E-state index >= 15 is 0 Å². The second kappa shape index (κ2) is 7.48. The van der Waals surface area contributed by atoms with Gasteiger partial charge in [0.15, 0.2) is 10.8 Å². The number of hydrogen-bond acceptors (Lipinski definition) is 5. The minimum absolute atomic E-state index is 0.0328. The van der Waals surface area contributed by atoms with Crippen molar-refractivity contribution < 1.29 is 14.7 Å². The van der Waals surface area contributed by atoms with Crippen molar-refractivity contribution in [3.63, 3.8) is 0 Å². The van der Waals surface area contributed by atoms with Gasteiger partial charge in [0.25, 0.3) is 5.91 Å². The quantitative estimate of drug-likeness (QED) is 0.423. The summed E-state index contributed by atoms with van der Waals surface area (Å²) >= 11 is 17.4. The second-order valence-electron chi connectivity index (χ2n) is 4.38. The summed E-state index contributed by atoms with van der Waals surface area (Å²) in [6.07, 6.45) is 1.18. The lowest BCUT2D eigenvalue weighted by molar-refractivity contribution is 0.0696. The van der Waals surface area contributed by atoms with E-state index in [4.69, 9.17) is 45.6 Å². The van der Waals surface area contributed by atoms with Crippen LogP contribution < -0.4 is 11.2 Å². The molecule has 0 unspecified atom stereocenters. The molecule has 1 aromatic heterocycles. The largest absolute Gasteiger partial charge is 0.478 e. The van der Waals surface area contributed by atoms with Gasteiger partial charge in [-0.2, -0.15) is 5.10 Å². The van der Waals surface area contributed by atoms with Gasteiger partial charge in [-0.25, -0.2) is 15.2 Å². The van der Waals surface area contributed by atoms with Crippen LogP contribution in [0.5, 0.6) is 0 Å². The maximum Gasteiger partial charge on any atom is 0.336 e. The predicted molar refractivity (Wildman–Crippen MR) is 92.1 cm³/mol. The summed E-state index contributed by atoms with van der Waals surface area (Å²) in [5.74, 6) is -1.90. The zero-order valence-corrected chi connectivity index (χ0v) is 14.0. The molecule has 1 heterocycles. The second-order valence-corrected chi connectivity index (χ2v) is 5.50. The van der Waals surface area contributed by atoms with Crippen LogP contribution in [0.25, 0.3) is 0 Å². The minimum Gasteiger partial charge on any atom is -0.478 e. The Labute approximate surface area is 151 Å². The fourth-order valence-corrected chi connectivity index (χ4v) is 2.29. The minimum atomic E-state index is -1.12. The Morgan fingerprint density at radius 1 is 1.21 bits per heavy atom. The van der Waals surface area contributed by atoms with Crippen molar-refractivity contribution in [2.45, 2.75) is 0 Å². The van der Waals surface area contributed by atoms with Crippen molar-refractivity contribution in [3.05, 3.63) is 56.3 Å². The van der Waals surface area contributed by atoms with E-state index < -0.39 is 11.9 Å². The highest BCUT2D eigenvalue weighted by Crippen LogP contribution is 2.34. The van der Waals surface area contributed by atoms with Crippen LogP contribution in [0, 0.1) is 0 Å². The zero-order valence-electron chi connectivity index (χ0n) is 11.8. The summed E-state index contributed by atoms with van der Waals surface area (Å²) in [4.78, 5) is 26.9. The highest BCUT2D eigenvalue weighted by Gasteiger charge is 2.19. The molecule has 0 bridgehead atoms. The SMILES string of the molecule is Nc1c(Cl)c(Cl)nc(C(=O)N/N=C/c2ccccc2C(=O)O)c1Cl. The predicted octanol–water partition coefficient (Wildman–Crippen LogP) is 3.09. The van der Waals surface area contributed by atoms with E-state index in [2.05, 4.69) is 15.5 Å². The summed E-state index contributed by atoms with van der Waals surface area (Å²) in [7, 11) is 0. The molecule has 0 saturated heterocycles. The van der Waals surface area contributed by atoms with E-state index in [0.717, 1.165) is 0 Å².